The third-order valence-corrected chi connectivity index (χ3v) is 6.60. The van der Waals surface area contributed by atoms with Crippen molar-refractivity contribution in [2.24, 2.45) is 0 Å². The summed E-state index contributed by atoms with van der Waals surface area (Å²) in [7, 11) is 0. The summed E-state index contributed by atoms with van der Waals surface area (Å²) in [5, 5.41) is 3.23. The van der Waals surface area contributed by atoms with Crippen LogP contribution in [0.5, 0.6) is 0 Å². The SMILES string of the molecule is CC(=O)OCc1ccc(-c2cc3c(cn2)CCc2c-3[nH]c3c2C(=O)NC2(CC2)C3)cn1. The van der Waals surface area contributed by atoms with Crippen LogP contribution in [-0.4, -0.2) is 32.4 Å². The van der Waals surface area contributed by atoms with Crippen LogP contribution in [0.4, 0.5) is 0 Å². The number of aryl methyl sites for hydroxylation is 1. The number of pyridine rings is 2. The third-order valence-electron chi connectivity index (χ3n) is 6.60. The molecule has 1 fully saturated rings. The van der Waals surface area contributed by atoms with E-state index in [-0.39, 0.29) is 24.0 Å². The highest BCUT2D eigenvalue weighted by Gasteiger charge is 2.49. The monoisotopic (exact) mass is 414 g/mol. The van der Waals surface area contributed by atoms with Gasteiger partial charge < -0.3 is 15.0 Å². The van der Waals surface area contributed by atoms with Crippen LogP contribution >= 0.6 is 0 Å². The van der Waals surface area contributed by atoms with Crippen LogP contribution in [0.15, 0.2) is 30.6 Å². The topological polar surface area (TPSA) is 97.0 Å². The number of nitrogens with one attached hydrogen (secondary N) is 2. The van der Waals surface area contributed by atoms with Gasteiger partial charge in [0.05, 0.1) is 22.6 Å². The normalized spacial score (nSPS) is 17.4. The number of ether oxygens (including phenoxy) is 1. The average Bonchev–Trinajstić information content (AvgIpc) is 3.38. The number of hydrogen-bond donors (Lipinski definition) is 2. The smallest absolute Gasteiger partial charge is 0.303 e. The average molecular weight is 414 g/mol. The Morgan fingerprint density at radius 2 is 2.06 bits per heavy atom. The minimum absolute atomic E-state index is 0.0106. The molecule has 1 spiro atoms. The second-order valence-corrected chi connectivity index (χ2v) is 8.79. The molecule has 0 atom stereocenters. The fourth-order valence-electron chi connectivity index (χ4n) is 4.79. The molecule has 4 heterocycles. The number of aromatic nitrogens is 3. The summed E-state index contributed by atoms with van der Waals surface area (Å²) in [5.74, 6) is -0.255. The summed E-state index contributed by atoms with van der Waals surface area (Å²) in [6, 6.07) is 5.87. The van der Waals surface area contributed by atoms with Crippen LogP contribution in [0.3, 0.4) is 0 Å². The van der Waals surface area contributed by atoms with Gasteiger partial charge in [0, 0.05) is 48.1 Å². The van der Waals surface area contributed by atoms with Crippen LogP contribution in [0.25, 0.3) is 22.5 Å². The van der Waals surface area contributed by atoms with Crippen LogP contribution in [0.2, 0.25) is 0 Å². The van der Waals surface area contributed by atoms with Crippen molar-refractivity contribution in [2.75, 3.05) is 0 Å². The number of H-pyrrole nitrogens is 1. The summed E-state index contributed by atoms with van der Waals surface area (Å²) in [4.78, 5) is 36.4. The Balaban J connectivity index is 1.36. The van der Waals surface area contributed by atoms with E-state index in [9.17, 15) is 9.59 Å². The van der Waals surface area contributed by atoms with E-state index in [4.69, 9.17) is 4.74 Å². The van der Waals surface area contributed by atoms with Gasteiger partial charge >= 0.3 is 5.97 Å². The molecule has 156 valence electrons. The summed E-state index contributed by atoms with van der Waals surface area (Å²) < 4.78 is 5.00. The van der Waals surface area contributed by atoms with Gasteiger partial charge in [-0.25, -0.2) is 0 Å². The molecule has 2 N–H and O–H groups in total. The van der Waals surface area contributed by atoms with Gasteiger partial charge in [0.25, 0.3) is 5.91 Å². The highest BCUT2D eigenvalue weighted by atomic mass is 16.5. The number of nitrogens with zero attached hydrogens (tertiary/aromatic N) is 2. The highest BCUT2D eigenvalue weighted by molar-refractivity contribution is 6.01. The summed E-state index contributed by atoms with van der Waals surface area (Å²) in [6.07, 6.45) is 8.42. The fraction of sp³-hybridized carbons (Fsp3) is 0.333. The maximum absolute atomic E-state index is 12.8. The molecule has 0 bridgehead atoms. The minimum Gasteiger partial charge on any atom is -0.459 e. The number of rotatable bonds is 3. The van der Waals surface area contributed by atoms with Crippen molar-refractivity contribution in [1.29, 1.82) is 0 Å². The van der Waals surface area contributed by atoms with E-state index in [0.717, 1.165) is 71.4 Å². The third kappa shape index (κ3) is 3.03. The van der Waals surface area contributed by atoms with E-state index in [1.54, 1.807) is 6.20 Å². The number of fused-ring (bicyclic) bond motifs is 5. The van der Waals surface area contributed by atoms with Gasteiger partial charge in [-0.3, -0.25) is 19.6 Å². The Hall–Kier alpha value is -3.48. The van der Waals surface area contributed by atoms with E-state index in [2.05, 4.69) is 26.3 Å². The molecule has 3 aromatic heterocycles. The van der Waals surface area contributed by atoms with Crippen molar-refractivity contribution in [3.8, 4) is 22.5 Å². The van der Waals surface area contributed by atoms with Crippen molar-refractivity contribution in [1.82, 2.24) is 20.3 Å². The molecule has 3 aliphatic rings. The quantitative estimate of drug-likeness (QED) is 0.642. The van der Waals surface area contributed by atoms with Gasteiger partial charge in [-0.05, 0) is 55.0 Å². The zero-order valence-electron chi connectivity index (χ0n) is 17.2. The predicted molar refractivity (Wildman–Crippen MR) is 113 cm³/mol. The van der Waals surface area contributed by atoms with Gasteiger partial charge in [0.15, 0.2) is 0 Å². The number of aromatic amines is 1. The van der Waals surface area contributed by atoms with E-state index < -0.39 is 0 Å². The summed E-state index contributed by atoms with van der Waals surface area (Å²) >= 11 is 0. The number of hydrogen-bond acceptors (Lipinski definition) is 5. The number of carbonyl (C=O) groups is 2. The lowest BCUT2D eigenvalue weighted by molar-refractivity contribution is -0.142. The van der Waals surface area contributed by atoms with E-state index in [0.29, 0.717) is 5.69 Å². The standard InChI is InChI=1S/C24H22N4O3/c1-13(29)31-12-16-4-2-15(11-25-16)19-8-18-14(10-26-19)3-5-17-21-20(27-22(17)18)9-24(6-7-24)28-23(21)30/h2,4,8,10-11,27H,3,5-7,9,12H2,1H3,(H,28,30). The van der Waals surface area contributed by atoms with Gasteiger partial charge in [-0.1, -0.05) is 0 Å². The maximum atomic E-state index is 12.8. The number of esters is 1. The molecule has 2 aliphatic carbocycles. The molecule has 0 aromatic carbocycles. The lowest BCUT2D eigenvalue weighted by Gasteiger charge is -2.24. The number of amides is 1. The fourth-order valence-corrected chi connectivity index (χ4v) is 4.79. The Morgan fingerprint density at radius 3 is 2.81 bits per heavy atom. The lowest BCUT2D eigenvalue weighted by atomic mass is 9.87. The molecule has 3 aromatic rings. The van der Waals surface area contributed by atoms with Crippen LogP contribution in [0.1, 0.15) is 52.6 Å². The van der Waals surface area contributed by atoms with Gasteiger partial charge in [0.2, 0.25) is 0 Å². The first-order valence-electron chi connectivity index (χ1n) is 10.7. The molecule has 1 amide bonds. The Bertz CT molecular complexity index is 1240. The molecule has 31 heavy (non-hydrogen) atoms. The number of carbonyl (C=O) groups excluding carboxylic acids is 2. The summed E-state index contributed by atoms with van der Waals surface area (Å²) in [5.41, 5.74) is 8.82. The Kier molecular flexibility index (Phi) is 3.84. The van der Waals surface area contributed by atoms with Crippen molar-refractivity contribution in [2.45, 2.75) is 51.2 Å². The first-order chi connectivity index (χ1) is 15.0. The Labute approximate surface area is 179 Å². The molecule has 1 saturated carbocycles. The molecule has 0 unspecified atom stereocenters. The van der Waals surface area contributed by atoms with Crippen molar-refractivity contribution >= 4 is 11.9 Å². The van der Waals surface area contributed by atoms with Gasteiger partial charge in [-0.2, -0.15) is 0 Å². The lowest BCUT2D eigenvalue weighted by Crippen LogP contribution is -2.43. The zero-order valence-corrected chi connectivity index (χ0v) is 17.2. The second-order valence-electron chi connectivity index (χ2n) is 8.79. The maximum Gasteiger partial charge on any atom is 0.303 e. The second kappa shape index (κ2) is 6.51. The highest BCUT2D eigenvalue weighted by Crippen LogP contribution is 2.45. The minimum atomic E-state index is -0.326. The Morgan fingerprint density at radius 1 is 1.19 bits per heavy atom. The van der Waals surface area contributed by atoms with Gasteiger partial charge in [-0.15, -0.1) is 0 Å². The molecule has 6 rings (SSSR count). The van der Waals surface area contributed by atoms with Crippen molar-refractivity contribution in [3.05, 3.63) is 58.7 Å². The molecular formula is C24H22N4O3. The predicted octanol–water partition coefficient (Wildman–Crippen LogP) is 3.12. The molecule has 7 nitrogen and oxygen atoms in total. The van der Waals surface area contributed by atoms with Crippen LogP contribution in [0, 0.1) is 0 Å². The molecular weight excluding hydrogens is 392 g/mol. The largest absolute Gasteiger partial charge is 0.459 e. The van der Waals surface area contributed by atoms with Crippen LogP contribution < -0.4 is 5.32 Å². The molecule has 0 radical (unpaired) electrons. The zero-order chi connectivity index (χ0) is 21.2. The van der Waals surface area contributed by atoms with Crippen molar-refractivity contribution in [3.63, 3.8) is 0 Å². The van der Waals surface area contributed by atoms with E-state index in [1.165, 1.54) is 12.5 Å². The molecule has 0 saturated heterocycles. The molecule has 1 aliphatic heterocycles. The van der Waals surface area contributed by atoms with E-state index in [1.807, 2.05) is 18.3 Å². The van der Waals surface area contributed by atoms with Gasteiger partial charge in [0.1, 0.15) is 6.61 Å². The first-order valence-corrected chi connectivity index (χ1v) is 10.7. The van der Waals surface area contributed by atoms with E-state index >= 15 is 0 Å². The summed E-state index contributed by atoms with van der Waals surface area (Å²) in [6.45, 7) is 1.54. The van der Waals surface area contributed by atoms with Crippen LogP contribution in [-0.2, 0) is 35.4 Å². The van der Waals surface area contributed by atoms with Crippen molar-refractivity contribution < 1.29 is 14.3 Å². The molecule has 7 heteroatoms. The first kappa shape index (κ1) is 18.3.